The van der Waals surface area contributed by atoms with Gasteiger partial charge in [0.05, 0.1) is 0 Å². The van der Waals surface area contributed by atoms with E-state index in [4.69, 9.17) is 10.5 Å². The minimum absolute atomic E-state index is 0.862. The third-order valence-electron chi connectivity index (χ3n) is 5.26. The molecule has 0 spiro atoms. The number of nitrogens with zero attached hydrogens (tertiary/aromatic N) is 2. The molecule has 0 saturated heterocycles. The van der Waals surface area contributed by atoms with Gasteiger partial charge in [0.25, 0.3) is 0 Å². The lowest BCUT2D eigenvalue weighted by Crippen LogP contribution is -1.97. The van der Waals surface area contributed by atoms with Gasteiger partial charge < -0.3 is 10.5 Å². The molecule has 31 heavy (non-hydrogen) atoms. The van der Waals surface area contributed by atoms with Gasteiger partial charge in [0.15, 0.2) is 0 Å². The zero-order chi connectivity index (χ0) is 23.0. The van der Waals surface area contributed by atoms with Gasteiger partial charge in [-0.2, -0.15) is 15.4 Å². The van der Waals surface area contributed by atoms with Crippen molar-refractivity contribution in [1.82, 2.24) is 15.4 Å². The van der Waals surface area contributed by atoms with E-state index in [1.807, 2.05) is 31.9 Å². The number of aryl methyl sites for hydroxylation is 1. The smallest absolute Gasteiger partial charge is 0.115 e. The van der Waals surface area contributed by atoms with E-state index >= 15 is 0 Å². The number of nitrogens with two attached hydrogens (primary N) is 1. The van der Waals surface area contributed by atoms with Gasteiger partial charge in [-0.15, -0.1) is 0 Å². The van der Waals surface area contributed by atoms with Crippen molar-refractivity contribution in [3.8, 4) is 0 Å². The van der Waals surface area contributed by atoms with E-state index in [-0.39, 0.29) is 0 Å². The average Bonchev–Trinajstić information content (AvgIpc) is 3.29. The second-order valence-electron chi connectivity index (χ2n) is 7.99. The van der Waals surface area contributed by atoms with E-state index < -0.39 is 0 Å². The number of unbranched alkanes of at least 4 members (excludes halogenated alkanes) is 12. The maximum absolute atomic E-state index is 8.00. The van der Waals surface area contributed by atoms with Crippen LogP contribution >= 0.6 is 0 Å². The van der Waals surface area contributed by atoms with Crippen LogP contribution in [0.5, 0.6) is 0 Å². The molecule has 5 heteroatoms. The Bertz CT molecular complexity index is 654. The molecular formula is C26H46N4O. The van der Waals surface area contributed by atoms with Crippen LogP contribution in [0, 0.1) is 6.92 Å². The topological polar surface area (TPSA) is 84.7 Å². The number of para-hydroxylation sites is 1. The highest BCUT2D eigenvalue weighted by Crippen LogP contribution is 2.11. The van der Waals surface area contributed by atoms with Crippen molar-refractivity contribution < 1.29 is 4.79 Å². The molecule has 5 nitrogen and oxygen atoms in total. The predicted molar refractivity (Wildman–Crippen MR) is 134 cm³/mol. The highest BCUT2D eigenvalue weighted by atomic mass is 16.1. The molecule has 0 radical (unpaired) electrons. The second kappa shape index (κ2) is 22.7. The summed E-state index contributed by atoms with van der Waals surface area (Å²) in [5.41, 5.74) is 8.52. The van der Waals surface area contributed by atoms with Crippen LogP contribution in [0.15, 0.2) is 30.4 Å². The van der Waals surface area contributed by atoms with Crippen molar-refractivity contribution in [3.05, 3.63) is 35.9 Å². The Morgan fingerprint density at radius 2 is 1.39 bits per heavy atom. The maximum Gasteiger partial charge on any atom is 0.115 e. The first-order valence-corrected chi connectivity index (χ1v) is 12.2. The lowest BCUT2D eigenvalue weighted by molar-refractivity contribution is -0.0979. The van der Waals surface area contributed by atoms with Crippen molar-refractivity contribution in [1.29, 1.82) is 0 Å². The van der Waals surface area contributed by atoms with Gasteiger partial charge in [0.1, 0.15) is 17.8 Å². The number of H-pyrrole nitrogens is 1. The first-order valence-electron chi connectivity index (χ1n) is 12.2. The molecule has 0 unspecified atom stereocenters. The van der Waals surface area contributed by atoms with Crippen molar-refractivity contribution in [2.75, 3.05) is 6.54 Å². The molecule has 176 valence electrons. The Hall–Kier alpha value is -2.01. The van der Waals surface area contributed by atoms with E-state index in [1.165, 1.54) is 89.9 Å². The van der Waals surface area contributed by atoms with Crippen LogP contribution in [0.2, 0.25) is 0 Å². The normalized spacial score (nSPS) is 10.5. The minimum Gasteiger partial charge on any atom is -0.330 e. The lowest BCUT2D eigenvalue weighted by atomic mass is 10.1. The highest BCUT2D eigenvalue weighted by Gasteiger charge is 1.97. The molecule has 2 rings (SSSR count). The van der Waals surface area contributed by atoms with Crippen molar-refractivity contribution in [2.45, 2.75) is 104 Å². The number of carbonyl (C=O) groups excluding carboxylic acids is 1. The van der Waals surface area contributed by atoms with Crippen LogP contribution < -0.4 is 5.73 Å². The van der Waals surface area contributed by atoms with Crippen molar-refractivity contribution in [3.63, 3.8) is 0 Å². The van der Waals surface area contributed by atoms with Crippen LogP contribution in [0.4, 0.5) is 0 Å². The van der Waals surface area contributed by atoms with Crippen molar-refractivity contribution >= 4 is 17.8 Å². The number of rotatable bonds is 15. The SMILES string of the molecule is C=O.CCCCCCCC/C=C\CCCCCCCCN.Cc1cccc2n[nH]nc12. The fourth-order valence-corrected chi connectivity index (χ4v) is 3.40. The molecule has 0 amide bonds. The predicted octanol–water partition coefficient (Wildman–Crippen LogP) is 7.06. The third kappa shape index (κ3) is 16.4. The molecule has 0 aliphatic heterocycles. The summed E-state index contributed by atoms with van der Waals surface area (Å²) in [7, 11) is 0. The summed E-state index contributed by atoms with van der Waals surface area (Å²) in [6.07, 6.45) is 23.9. The number of aromatic nitrogens is 3. The number of allylic oxidation sites excluding steroid dienone is 2. The Morgan fingerprint density at radius 1 is 0.839 bits per heavy atom. The largest absolute Gasteiger partial charge is 0.330 e. The maximum atomic E-state index is 8.00. The van der Waals surface area contributed by atoms with E-state index in [1.54, 1.807) is 0 Å². The fourth-order valence-electron chi connectivity index (χ4n) is 3.40. The van der Waals surface area contributed by atoms with E-state index in [2.05, 4.69) is 34.5 Å². The summed E-state index contributed by atoms with van der Waals surface area (Å²) in [6, 6.07) is 5.93. The van der Waals surface area contributed by atoms with Crippen LogP contribution in [0.3, 0.4) is 0 Å². The Labute approximate surface area is 190 Å². The molecule has 2 aromatic rings. The van der Waals surface area contributed by atoms with E-state index in [0.717, 1.165) is 23.1 Å². The summed E-state index contributed by atoms with van der Waals surface area (Å²) in [4.78, 5) is 8.00. The van der Waals surface area contributed by atoms with Crippen LogP contribution in [-0.2, 0) is 4.79 Å². The number of hydrogen-bond acceptors (Lipinski definition) is 4. The zero-order valence-corrected chi connectivity index (χ0v) is 20.1. The Kier molecular flexibility index (Phi) is 21.2. The summed E-state index contributed by atoms with van der Waals surface area (Å²) in [5.74, 6) is 0. The lowest BCUT2D eigenvalue weighted by Gasteiger charge is -1.99. The summed E-state index contributed by atoms with van der Waals surface area (Å²) in [6.45, 7) is 7.16. The molecule has 1 heterocycles. The molecule has 3 N–H and O–H groups in total. The fraction of sp³-hybridized carbons (Fsp3) is 0.654. The summed E-state index contributed by atoms with van der Waals surface area (Å²) < 4.78 is 0. The molecule has 0 bridgehead atoms. The van der Waals surface area contributed by atoms with Crippen LogP contribution in [0.25, 0.3) is 11.0 Å². The first kappa shape index (κ1) is 29.0. The summed E-state index contributed by atoms with van der Waals surface area (Å²) in [5, 5.41) is 10.5. The van der Waals surface area contributed by atoms with Gasteiger partial charge in [-0.05, 0) is 57.2 Å². The molecule has 0 aliphatic carbocycles. The number of benzene rings is 1. The molecule has 1 aromatic heterocycles. The van der Waals surface area contributed by atoms with E-state index in [9.17, 15) is 0 Å². The zero-order valence-electron chi connectivity index (χ0n) is 20.1. The first-order chi connectivity index (χ1) is 15.3. The van der Waals surface area contributed by atoms with Gasteiger partial charge in [0, 0.05) is 0 Å². The third-order valence-corrected chi connectivity index (χ3v) is 5.26. The highest BCUT2D eigenvalue weighted by molar-refractivity contribution is 5.76. The summed E-state index contributed by atoms with van der Waals surface area (Å²) >= 11 is 0. The molecular weight excluding hydrogens is 384 g/mol. The Balaban J connectivity index is 0.000000617. The standard InChI is InChI=1S/C18H37N.C7H7N3.CH2O/c1-2-3-4-5-6-7-8-9-10-11-12-13-14-15-16-17-18-19;1-5-3-2-4-6-7(5)9-10-8-6;1-2/h9-10H,2-8,11-19H2,1H3;2-4H,1H3,(H,8,9,10);1H2/b10-9-;;. The number of aromatic amines is 1. The molecule has 0 aliphatic rings. The number of hydrogen-bond donors (Lipinski definition) is 2. The molecule has 0 fully saturated rings. The van der Waals surface area contributed by atoms with Crippen molar-refractivity contribution in [2.24, 2.45) is 5.73 Å². The number of fused-ring (bicyclic) bond motifs is 1. The minimum atomic E-state index is 0.862. The van der Waals surface area contributed by atoms with Crippen LogP contribution in [0.1, 0.15) is 102 Å². The molecule has 1 aromatic carbocycles. The van der Waals surface area contributed by atoms with Gasteiger partial charge in [-0.25, -0.2) is 0 Å². The molecule has 0 saturated carbocycles. The number of nitrogens with one attached hydrogen (secondary N) is 1. The number of carbonyl (C=O) groups is 1. The average molecular weight is 431 g/mol. The quantitative estimate of drug-likeness (QED) is 0.234. The molecule has 0 atom stereocenters. The van der Waals surface area contributed by atoms with Gasteiger partial charge in [-0.1, -0.05) is 89.0 Å². The monoisotopic (exact) mass is 430 g/mol. The van der Waals surface area contributed by atoms with Gasteiger partial charge >= 0.3 is 0 Å². The second-order valence-corrected chi connectivity index (χ2v) is 7.99. The van der Waals surface area contributed by atoms with E-state index in [0.29, 0.717) is 0 Å². The Morgan fingerprint density at radius 3 is 1.94 bits per heavy atom. The van der Waals surface area contributed by atoms with Crippen LogP contribution in [-0.4, -0.2) is 28.7 Å². The van der Waals surface area contributed by atoms with Gasteiger partial charge in [0.2, 0.25) is 0 Å². The van der Waals surface area contributed by atoms with Gasteiger partial charge in [-0.3, -0.25) is 0 Å².